The van der Waals surface area contributed by atoms with E-state index < -0.39 is 17.4 Å². The Balaban J connectivity index is 1.66. The third-order valence-electron chi connectivity index (χ3n) is 4.81. The molecule has 3 amide bonds. The summed E-state index contributed by atoms with van der Waals surface area (Å²) in [6, 6.07) is 11.0. The molecule has 6 nitrogen and oxygen atoms in total. The molecule has 0 saturated carbocycles. The molecule has 134 valence electrons. The first-order chi connectivity index (χ1) is 12.5. The van der Waals surface area contributed by atoms with Crippen molar-refractivity contribution in [2.75, 3.05) is 13.7 Å². The number of hydrogen-bond acceptors (Lipinski definition) is 4. The summed E-state index contributed by atoms with van der Waals surface area (Å²) >= 11 is 0. The molecule has 26 heavy (non-hydrogen) atoms. The first kappa shape index (κ1) is 16.4. The lowest BCUT2D eigenvalue weighted by Gasteiger charge is -2.33. The number of carbonyl (C=O) groups excluding carboxylic acids is 2. The third kappa shape index (κ3) is 2.39. The number of rotatable bonds is 3. The van der Waals surface area contributed by atoms with E-state index >= 15 is 0 Å². The summed E-state index contributed by atoms with van der Waals surface area (Å²) in [5, 5.41) is 2.82. The lowest BCUT2D eigenvalue weighted by Crippen LogP contribution is -2.47. The van der Waals surface area contributed by atoms with Crippen molar-refractivity contribution in [3.05, 3.63) is 59.4 Å². The van der Waals surface area contributed by atoms with Gasteiger partial charge in [-0.15, -0.1) is 0 Å². The number of methoxy groups -OCH3 is 1. The number of hydrogen-bond donors (Lipinski definition) is 1. The molecule has 2 aliphatic heterocycles. The molecule has 1 atom stereocenters. The Morgan fingerprint density at radius 1 is 1.27 bits per heavy atom. The van der Waals surface area contributed by atoms with E-state index in [1.807, 2.05) is 6.07 Å². The summed E-state index contributed by atoms with van der Waals surface area (Å²) in [6.07, 6.45) is 0.349. The van der Waals surface area contributed by atoms with Crippen molar-refractivity contribution in [3.8, 4) is 11.5 Å². The van der Waals surface area contributed by atoms with Crippen LogP contribution in [-0.2, 0) is 16.9 Å². The Kier molecular flexibility index (Phi) is 3.79. The number of carbonyl (C=O) groups is 2. The molecule has 0 aromatic heterocycles. The summed E-state index contributed by atoms with van der Waals surface area (Å²) in [7, 11) is 1.38. The molecule has 2 aliphatic rings. The van der Waals surface area contributed by atoms with Gasteiger partial charge in [0, 0.05) is 12.0 Å². The van der Waals surface area contributed by atoms with E-state index in [2.05, 4.69) is 5.32 Å². The smallest absolute Gasteiger partial charge is 0.325 e. The average Bonchev–Trinajstić information content (AvgIpc) is 2.87. The van der Waals surface area contributed by atoms with Crippen molar-refractivity contribution < 1.29 is 23.5 Å². The number of ether oxygens (including phenoxy) is 2. The number of nitrogens with zero attached hydrogens (tertiary/aromatic N) is 1. The fraction of sp³-hybridized carbons (Fsp3) is 0.263. The maximum Gasteiger partial charge on any atom is 0.325 e. The first-order valence-corrected chi connectivity index (χ1v) is 8.24. The second kappa shape index (κ2) is 6.01. The molecule has 0 unspecified atom stereocenters. The van der Waals surface area contributed by atoms with Gasteiger partial charge in [-0.2, -0.15) is 0 Å². The number of halogens is 1. The molecule has 2 aromatic rings. The van der Waals surface area contributed by atoms with Crippen LogP contribution in [0.15, 0.2) is 42.5 Å². The number of benzene rings is 2. The van der Waals surface area contributed by atoms with Crippen LogP contribution < -0.4 is 14.8 Å². The maximum atomic E-state index is 13.9. The SMILES string of the molecule is COc1ccc(CN2C(=O)N[C@]3(CCOc4ccccc43)C2=O)cc1F. The van der Waals surface area contributed by atoms with Crippen molar-refractivity contribution in [2.45, 2.75) is 18.5 Å². The fourth-order valence-electron chi connectivity index (χ4n) is 3.51. The molecule has 0 aliphatic carbocycles. The maximum absolute atomic E-state index is 13.9. The molecular weight excluding hydrogens is 339 g/mol. The van der Waals surface area contributed by atoms with Gasteiger partial charge < -0.3 is 14.8 Å². The number of nitrogens with one attached hydrogen (secondary N) is 1. The minimum atomic E-state index is -1.13. The molecule has 2 heterocycles. The summed E-state index contributed by atoms with van der Waals surface area (Å²) in [5.41, 5.74) is 0.0222. The Morgan fingerprint density at radius 2 is 2.08 bits per heavy atom. The molecule has 1 saturated heterocycles. The summed E-state index contributed by atoms with van der Waals surface area (Å²) in [5.74, 6) is -0.192. The Bertz CT molecular complexity index is 901. The normalized spacial score (nSPS) is 21.4. The van der Waals surface area contributed by atoms with E-state index in [4.69, 9.17) is 9.47 Å². The van der Waals surface area contributed by atoms with Crippen LogP contribution in [0.25, 0.3) is 0 Å². The van der Waals surface area contributed by atoms with Crippen molar-refractivity contribution >= 4 is 11.9 Å². The van der Waals surface area contributed by atoms with Crippen LogP contribution in [0.1, 0.15) is 17.5 Å². The lowest BCUT2D eigenvalue weighted by molar-refractivity contribution is -0.133. The van der Waals surface area contributed by atoms with Crippen molar-refractivity contribution in [2.24, 2.45) is 0 Å². The minimum absolute atomic E-state index is 0.0175. The molecule has 7 heteroatoms. The second-order valence-corrected chi connectivity index (χ2v) is 6.29. The van der Waals surface area contributed by atoms with Crippen molar-refractivity contribution in [1.82, 2.24) is 10.2 Å². The van der Waals surface area contributed by atoms with Crippen molar-refractivity contribution in [3.63, 3.8) is 0 Å². The van der Waals surface area contributed by atoms with E-state index in [9.17, 15) is 14.0 Å². The van der Waals surface area contributed by atoms with Gasteiger partial charge in [0.05, 0.1) is 20.3 Å². The summed E-state index contributed by atoms with van der Waals surface area (Å²) < 4.78 is 24.4. The summed E-state index contributed by atoms with van der Waals surface area (Å²) in [6.45, 7) is 0.310. The van der Waals surface area contributed by atoms with E-state index in [-0.39, 0.29) is 18.2 Å². The first-order valence-electron chi connectivity index (χ1n) is 8.24. The number of fused-ring (bicyclic) bond motifs is 2. The number of urea groups is 1. The van der Waals surface area contributed by atoms with Gasteiger partial charge in [-0.3, -0.25) is 9.69 Å². The van der Waals surface area contributed by atoms with E-state index in [1.54, 1.807) is 24.3 Å². The molecule has 0 bridgehead atoms. The topological polar surface area (TPSA) is 67.9 Å². The van der Waals surface area contributed by atoms with Crippen LogP contribution in [0.5, 0.6) is 11.5 Å². The van der Waals surface area contributed by atoms with Crippen LogP contribution in [-0.4, -0.2) is 30.6 Å². The highest BCUT2D eigenvalue weighted by Gasteiger charge is 2.54. The van der Waals surface area contributed by atoms with E-state index in [0.717, 1.165) is 4.90 Å². The predicted octanol–water partition coefficient (Wildman–Crippen LogP) is 2.56. The zero-order valence-electron chi connectivity index (χ0n) is 14.1. The Labute approximate surface area is 149 Å². The lowest BCUT2D eigenvalue weighted by atomic mass is 9.84. The quantitative estimate of drug-likeness (QED) is 0.859. The van der Waals surface area contributed by atoms with Gasteiger partial charge in [0.25, 0.3) is 5.91 Å². The van der Waals surface area contributed by atoms with Crippen LogP contribution in [0.2, 0.25) is 0 Å². The van der Waals surface area contributed by atoms with E-state index in [0.29, 0.717) is 29.9 Å². The second-order valence-electron chi connectivity index (χ2n) is 6.29. The highest BCUT2D eigenvalue weighted by Crippen LogP contribution is 2.41. The zero-order chi connectivity index (χ0) is 18.3. The molecule has 1 N–H and O–H groups in total. The highest BCUT2D eigenvalue weighted by molar-refractivity contribution is 6.07. The van der Waals surface area contributed by atoms with Crippen LogP contribution in [0.3, 0.4) is 0 Å². The monoisotopic (exact) mass is 356 g/mol. The summed E-state index contributed by atoms with van der Waals surface area (Å²) in [4.78, 5) is 26.8. The van der Waals surface area contributed by atoms with Gasteiger partial charge in [0.15, 0.2) is 17.1 Å². The van der Waals surface area contributed by atoms with Gasteiger partial charge >= 0.3 is 6.03 Å². The molecule has 1 spiro atoms. The third-order valence-corrected chi connectivity index (χ3v) is 4.81. The molecule has 2 aromatic carbocycles. The zero-order valence-corrected chi connectivity index (χ0v) is 14.1. The standard InChI is InChI=1S/C19H17FN2O4/c1-25-16-7-6-12(10-14(16)20)11-22-17(23)19(21-18(22)24)8-9-26-15-5-3-2-4-13(15)19/h2-7,10H,8-9,11H2,1H3,(H,21,24)/t19-/m0/s1. The molecule has 4 rings (SSSR count). The Hall–Kier alpha value is -3.09. The van der Waals surface area contributed by atoms with Crippen LogP contribution in [0, 0.1) is 5.82 Å². The highest BCUT2D eigenvalue weighted by atomic mass is 19.1. The number of para-hydroxylation sites is 1. The van der Waals surface area contributed by atoms with Crippen molar-refractivity contribution in [1.29, 1.82) is 0 Å². The minimum Gasteiger partial charge on any atom is -0.494 e. The largest absolute Gasteiger partial charge is 0.494 e. The van der Waals surface area contributed by atoms with Crippen LogP contribution >= 0.6 is 0 Å². The van der Waals surface area contributed by atoms with Crippen LogP contribution in [0.4, 0.5) is 9.18 Å². The van der Waals surface area contributed by atoms with E-state index in [1.165, 1.54) is 19.2 Å². The fourth-order valence-corrected chi connectivity index (χ4v) is 3.51. The molecule has 1 fully saturated rings. The van der Waals surface area contributed by atoms with Gasteiger partial charge in [-0.25, -0.2) is 9.18 Å². The van der Waals surface area contributed by atoms with Gasteiger partial charge in [-0.1, -0.05) is 24.3 Å². The Morgan fingerprint density at radius 3 is 2.85 bits per heavy atom. The van der Waals surface area contributed by atoms with Gasteiger partial charge in [0.1, 0.15) is 5.75 Å². The van der Waals surface area contributed by atoms with Gasteiger partial charge in [-0.05, 0) is 23.8 Å². The molecular formula is C19H17FN2O4. The number of imide groups is 1. The predicted molar refractivity (Wildman–Crippen MR) is 90.3 cm³/mol. The average molecular weight is 356 g/mol. The van der Waals surface area contributed by atoms with Gasteiger partial charge in [0.2, 0.25) is 0 Å². The number of amides is 3. The molecule has 0 radical (unpaired) electrons.